The van der Waals surface area contributed by atoms with Gasteiger partial charge in [0.25, 0.3) is 0 Å². The van der Waals surface area contributed by atoms with Gasteiger partial charge in [0, 0.05) is 31.2 Å². The topological polar surface area (TPSA) is 66.0 Å². The summed E-state index contributed by atoms with van der Waals surface area (Å²) < 4.78 is 7.15. The molecule has 2 aromatic heterocycles. The molecule has 0 aliphatic rings. The molecule has 0 spiro atoms. The molecule has 0 saturated heterocycles. The van der Waals surface area contributed by atoms with Crippen LogP contribution < -0.4 is 10.5 Å². The standard InChI is InChI=1S/C14H20N4O/c1-3-7-18-8-6-16-14(18)12(15)9-11-4-5-13(19-2)17-10-11/h4-6,8,10,12H,3,7,9,15H2,1-2H3. The number of hydrogen-bond acceptors (Lipinski definition) is 4. The van der Waals surface area contributed by atoms with Gasteiger partial charge >= 0.3 is 0 Å². The first-order valence-electron chi connectivity index (χ1n) is 6.50. The monoisotopic (exact) mass is 260 g/mol. The molecular formula is C14H20N4O. The van der Waals surface area contributed by atoms with Crippen molar-refractivity contribution in [1.82, 2.24) is 14.5 Å². The fraction of sp³-hybridized carbons (Fsp3) is 0.429. The highest BCUT2D eigenvalue weighted by molar-refractivity contribution is 5.19. The van der Waals surface area contributed by atoms with E-state index in [0.29, 0.717) is 5.88 Å². The molecular weight excluding hydrogens is 240 g/mol. The van der Waals surface area contributed by atoms with Gasteiger partial charge in [0.2, 0.25) is 5.88 Å². The van der Waals surface area contributed by atoms with E-state index < -0.39 is 0 Å². The van der Waals surface area contributed by atoms with Crippen molar-refractivity contribution in [2.24, 2.45) is 5.73 Å². The van der Waals surface area contributed by atoms with Crippen LogP contribution in [0.25, 0.3) is 0 Å². The largest absolute Gasteiger partial charge is 0.481 e. The van der Waals surface area contributed by atoms with E-state index in [1.165, 1.54) is 0 Å². The number of ether oxygens (including phenoxy) is 1. The van der Waals surface area contributed by atoms with Gasteiger partial charge in [0.05, 0.1) is 13.2 Å². The first-order chi connectivity index (χ1) is 9.24. The SMILES string of the molecule is CCCn1ccnc1C(N)Cc1ccc(OC)nc1. The molecule has 0 bridgehead atoms. The van der Waals surface area contributed by atoms with Gasteiger partial charge < -0.3 is 15.0 Å². The third-order valence-electron chi connectivity index (χ3n) is 3.01. The van der Waals surface area contributed by atoms with Crippen molar-refractivity contribution in [3.05, 3.63) is 42.1 Å². The Hall–Kier alpha value is -1.88. The number of methoxy groups -OCH3 is 1. The molecule has 19 heavy (non-hydrogen) atoms. The zero-order valence-electron chi connectivity index (χ0n) is 11.4. The molecule has 2 rings (SSSR count). The number of aromatic nitrogens is 3. The first kappa shape index (κ1) is 13.5. The highest BCUT2D eigenvalue weighted by atomic mass is 16.5. The van der Waals surface area contributed by atoms with Gasteiger partial charge in [-0.1, -0.05) is 13.0 Å². The average Bonchev–Trinajstić information content (AvgIpc) is 2.88. The Balaban J connectivity index is 2.06. The minimum Gasteiger partial charge on any atom is -0.481 e. The zero-order valence-corrected chi connectivity index (χ0v) is 11.4. The van der Waals surface area contributed by atoms with Gasteiger partial charge in [0.15, 0.2) is 0 Å². The minimum atomic E-state index is -0.114. The van der Waals surface area contributed by atoms with Crippen LogP contribution in [0.5, 0.6) is 5.88 Å². The third-order valence-corrected chi connectivity index (χ3v) is 3.01. The molecule has 0 aliphatic heterocycles. The summed E-state index contributed by atoms with van der Waals surface area (Å²) >= 11 is 0. The summed E-state index contributed by atoms with van der Waals surface area (Å²) in [5, 5.41) is 0. The van der Waals surface area contributed by atoms with E-state index in [2.05, 4.69) is 21.5 Å². The van der Waals surface area contributed by atoms with E-state index in [0.717, 1.165) is 30.8 Å². The second kappa shape index (κ2) is 6.33. The van der Waals surface area contributed by atoms with Crippen LogP contribution in [0.1, 0.15) is 30.8 Å². The summed E-state index contributed by atoms with van der Waals surface area (Å²) in [6.07, 6.45) is 7.37. The second-order valence-corrected chi connectivity index (χ2v) is 4.50. The van der Waals surface area contributed by atoms with E-state index >= 15 is 0 Å². The van der Waals surface area contributed by atoms with Gasteiger partial charge in [-0.15, -0.1) is 0 Å². The predicted molar refractivity (Wildman–Crippen MR) is 73.9 cm³/mol. The molecule has 0 saturated carbocycles. The van der Waals surface area contributed by atoms with Gasteiger partial charge in [0.1, 0.15) is 5.82 Å². The summed E-state index contributed by atoms with van der Waals surface area (Å²) in [5.41, 5.74) is 7.31. The van der Waals surface area contributed by atoms with Crippen LogP contribution in [0.2, 0.25) is 0 Å². The maximum absolute atomic E-state index is 6.23. The lowest BCUT2D eigenvalue weighted by molar-refractivity contribution is 0.397. The Kier molecular flexibility index (Phi) is 4.52. The van der Waals surface area contributed by atoms with E-state index in [9.17, 15) is 0 Å². The highest BCUT2D eigenvalue weighted by Crippen LogP contribution is 2.16. The smallest absolute Gasteiger partial charge is 0.212 e. The van der Waals surface area contributed by atoms with E-state index in [1.807, 2.05) is 18.3 Å². The number of aryl methyl sites for hydroxylation is 1. The Morgan fingerprint density at radius 1 is 1.37 bits per heavy atom. The van der Waals surface area contributed by atoms with Crippen molar-refractivity contribution in [2.45, 2.75) is 32.4 Å². The number of imidazole rings is 1. The van der Waals surface area contributed by atoms with Crippen LogP contribution >= 0.6 is 0 Å². The maximum Gasteiger partial charge on any atom is 0.212 e. The summed E-state index contributed by atoms with van der Waals surface area (Å²) in [4.78, 5) is 8.54. The molecule has 0 amide bonds. The van der Waals surface area contributed by atoms with Crippen molar-refractivity contribution in [1.29, 1.82) is 0 Å². The van der Waals surface area contributed by atoms with Crippen LogP contribution in [-0.2, 0) is 13.0 Å². The van der Waals surface area contributed by atoms with E-state index in [1.54, 1.807) is 19.5 Å². The van der Waals surface area contributed by atoms with Gasteiger partial charge in [-0.05, 0) is 18.4 Å². The van der Waals surface area contributed by atoms with Crippen molar-refractivity contribution in [2.75, 3.05) is 7.11 Å². The van der Waals surface area contributed by atoms with E-state index in [-0.39, 0.29) is 6.04 Å². The predicted octanol–water partition coefficient (Wildman–Crippen LogP) is 1.94. The molecule has 2 aromatic rings. The van der Waals surface area contributed by atoms with Crippen LogP contribution in [-0.4, -0.2) is 21.6 Å². The molecule has 0 aliphatic carbocycles. The number of nitrogens with zero attached hydrogens (tertiary/aromatic N) is 3. The van der Waals surface area contributed by atoms with Crippen LogP contribution in [0, 0.1) is 0 Å². The molecule has 5 nitrogen and oxygen atoms in total. The van der Waals surface area contributed by atoms with Gasteiger partial charge in [-0.2, -0.15) is 0 Å². The molecule has 1 unspecified atom stereocenters. The highest BCUT2D eigenvalue weighted by Gasteiger charge is 2.13. The van der Waals surface area contributed by atoms with Crippen molar-refractivity contribution >= 4 is 0 Å². The van der Waals surface area contributed by atoms with E-state index in [4.69, 9.17) is 10.5 Å². The molecule has 0 aromatic carbocycles. The fourth-order valence-corrected chi connectivity index (χ4v) is 2.08. The van der Waals surface area contributed by atoms with Crippen molar-refractivity contribution in [3.63, 3.8) is 0 Å². The quantitative estimate of drug-likeness (QED) is 0.862. The van der Waals surface area contributed by atoms with Crippen LogP contribution in [0.3, 0.4) is 0 Å². The van der Waals surface area contributed by atoms with Crippen LogP contribution in [0.4, 0.5) is 0 Å². The maximum atomic E-state index is 6.23. The van der Waals surface area contributed by atoms with Gasteiger partial charge in [-0.3, -0.25) is 0 Å². The van der Waals surface area contributed by atoms with Crippen molar-refractivity contribution in [3.8, 4) is 5.88 Å². The first-order valence-corrected chi connectivity index (χ1v) is 6.50. The number of nitrogens with two attached hydrogens (primary N) is 1. The number of rotatable bonds is 6. The molecule has 0 fully saturated rings. The average molecular weight is 260 g/mol. The Labute approximate surface area is 113 Å². The Morgan fingerprint density at radius 2 is 2.21 bits per heavy atom. The normalized spacial score (nSPS) is 12.4. The Morgan fingerprint density at radius 3 is 2.84 bits per heavy atom. The molecule has 2 heterocycles. The molecule has 102 valence electrons. The lowest BCUT2D eigenvalue weighted by Gasteiger charge is -2.13. The summed E-state index contributed by atoms with van der Waals surface area (Å²) in [6, 6.07) is 3.72. The minimum absolute atomic E-state index is 0.114. The van der Waals surface area contributed by atoms with Crippen molar-refractivity contribution < 1.29 is 4.74 Å². The number of pyridine rings is 1. The zero-order chi connectivity index (χ0) is 13.7. The van der Waals surface area contributed by atoms with Gasteiger partial charge in [-0.25, -0.2) is 9.97 Å². The molecule has 1 atom stereocenters. The third kappa shape index (κ3) is 3.32. The molecule has 0 radical (unpaired) electrons. The summed E-state index contributed by atoms with van der Waals surface area (Å²) in [6.45, 7) is 3.09. The lowest BCUT2D eigenvalue weighted by Crippen LogP contribution is -2.19. The van der Waals surface area contributed by atoms with Crippen LogP contribution in [0.15, 0.2) is 30.7 Å². The summed E-state index contributed by atoms with van der Waals surface area (Å²) in [7, 11) is 1.61. The number of hydrogen-bond donors (Lipinski definition) is 1. The lowest BCUT2D eigenvalue weighted by atomic mass is 10.1. The summed E-state index contributed by atoms with van der Waals surface area (Å²) in [5.74, 6) is 1.54. The Bertz CT molecular complexity index is 506. The fourth-order valence-electron chi connectivity index (χ4n) is 2.08. The molecule has 2 N–H and O–H groups in total. The second-order valence-electron chi connectivity index (χ2n) is 4.50. The molecule has 5 heteroatoms.